The Balaban J connectivity index is 0.00000265. The molecule has 0 amide bonds. The van der Waals surface area contributed by atoms with Crippen LogP contribution in [0.3, 0.4) is 0 Å². The first-order valence-corrected chi connectivity index (χ1v) is 12.1. The zero-order valence-corrected chi connectivity index (χ0v) is 22.9. The van der Waals surface area contributed by atoms with Crippen molar-refractivity contribution >= 4 is 0 Å². The lowest BCUT2D eigenvalue weighted by Crippen LogP contribution is -2.25. The van der Waals surface area contributed by atoms with Crippen LogP contribution >= 0.6 is 0 Å². The molecule has 0 saturated heterocycles. The molecule has 2 nitrogen and oxygen atoms in total. The first-order valence-electron chi connectivity index (χ1n) is 12.1. The van der Waals surface area contributed by atoms with Gasteiger partial charge in [-0.05, 0) is 76.3 Å². The van der Waals surface area contributed by atoms with Crippen LogP contribution in [0.2, 0.25) is 0 Å². The first kappa shape index (κ1) is 28.6. The van der Waals surface area contributed by atoms with Crippen molar-refractivity contribution in [3.63, 3.8) is 0 Å². The van der Waals surface area contributed by atoms with E-state index in [1.165, 1.54) is 16.7 Å². The van der Waals surface area contributed by atoms with Crippen molar-refractivity contribution in [1.29, 1.82) is 0 Å². The Labute approximate surface area is 203 Å². The normalized spacial score (nSPS) is 14.6. The Kier molecular flexibility index (Phi) is 10.5. The molecule has 0 bridgehead atoms. The Morgan fingerprint density at radius 2 is 1.24 bits per heavy atom. The van der Waals surface area contributed by atoms with Crippen LogP contribution in [0.25, 0.3) is 0 Å². The van der Waals surface area contributed by atoms with Crippen molar-refractivity contribution in [2.24, 2.45) is 5.41 Å². The van der Waals surface area contributed by atoms with E-state index < -0.39 is 0 Å². The molecule has 0 aromatic heterocycles. The monoisotopic (exact) mass is 450 g/mol. The highest BCUT2D eigenvalue weighted by Gasteiger charge is 2.30. The predicted octanol–water partition coefficient (Wildman–Crippen LogP) is 9.11. The third kappa shape index (κ3) is 9.12. The van der Waals surface area contributed by atoms with E-state index >= 15 is 0 Å². The number of benzene rings is 2. The summed E-state index contributed by atoms with van der Waals surface area (Å²) in [5.41, 5.74) is 3.42. The van der Waals surface area contributed by atoms with E-state index in [4.69, 9.17) is 9.47 Å². The van der Waals surface area contributed by atoms with Crippen molar-refractivity contribution in [2.45, 2.75) is 87.2 Å². The molecular formula is C31H46O2. The first-order chi connectivity index (χ1) is 15.3. The van der Waals surface area contributed by atoms with Crippen molar-refractivity contribution in [3.05, 3.63) is 89.2 Å². The van der Waals surface area contributed by atoms with Crippen LogP contribution in [-0.2, 0) is 10.2 Å². The lowest BCUT2D eigenvalue weighted by molar-refractivity contribution is 0.0535. The van der Waals surface area contributed by atoms with Gasteiger partial charge in [-0.3, -0.25) is 0 Å². The van der Waals surface area contributed by atoms with E-state index in [2.05, 4.69) is 122 Å². The Hall–Kier alpha value is -2.48. The zero-order chi connectivity index (χ0) is 25.3. The van der Waals surface area contributed by atoms with E-state index in [0.29, 0.717) is 6.61 Å². The molecule has 2 rings (SSSR count). The molecule has 0 aliphatic carbocycles. The summed E-state index contributed by atoms with van der Waals surface area (Å²) >= 11 is 0. The molecule has 0 radical (unpaired) electrons. The van der Waals surface area contributed by atoms with Crippen LogP contribution in [0.1, 0.15) is 87.3 Å². The van der Waals surface area contributed by atoms with E-state index in [1.54, 1.807) is 0 Å². The standard InChI is InChI=1S/C29H40O2.C2H6/c1-22(15-16-23(2)31-28(6,7)8)29(9,24-13-11-10-12-14-24)25-17-19-26(20-18-25)30-21-27(3,4)5;1-2/h10-20H,21H2,1-9H3;1-2H3/b22-15+,23-16+;. The lowest BCUT2D eigenvalue weighted by atomic mass is 9.71. The summed E-state index contributed by atoms with van der Waals surface area (Å²) in [4.78, 5) is 0. The molecule has 2 aromatic rings. The number of hydrogen-bond acceptors (Lipinski definition) is 2. The maximum absolute atomic E-state index is 5.99. The molecule has 1 unspecified atom stereocenters. The van der Waals surface area contributed by atoms with Crippen LogP contribution in [0, 0.1) is 5.41 Å². The fraction of sp³-hybridized carbons (Fsp3) is 0.484. The van der Waals surface area contributed by atoms with Gasteiger partial charge in [-0.25, -0.2) is 0 Å². The van der Waals surface area contributed by atoms with Gasteiger partial charge in [-0.15, -0.1) is 0 Å². The van der Waals surface area contributed by atoms with Gasteiger partial charge in [0.1, 0.15) is 11.4 Å². The average molecular weight is 451 g/mol. The van der Waals surface area contributed by atoms with Gasteiger partial charge in [0.15, 0.2) is 0 Å². The highest BCUT2D eigenvalue weighted by atomic mass is 16.5. The van der Waals surface area contributed by atoms with Crippen molar-refractivity contribution in [2.75, 3.05) is 6.61 Å². The summed E-state index contributed by atoms with van der Waals surface area (Å²) < 4.78 is 12.0. The molecule has 1 atom stereocenters. The van der Waals surface area contributed by atoms with Gasteiger partial charge in [0.25, 0.3) is 0 Å². The smallest absolute Gasteiger partial charge is 0.119 e. The molecule has 182 valence electrons. The van der Waals surface area contributed by atoms with Crippen LogP contribution in [0.15, 0.2) is 78.1 Å². The molecule has 2 heteroatoms. The highest BCUT2D eigenvalue weighted by Crippen LogP contribution is 2.39. The molecule has 0 saturated carbocycles. The van der Waals surface area contributed by atoms with E-state index in [0.717, 1.165) is 11.5 Å². The molecule has 0 heterocycles. The molecule has 2 aromatic carbocycles. The Morgan fingerprint density at radius 1 is 0.727 bits per heavy atom. The maximum Gasteiger partial charge on any atom is 0.119 e. The highest BCUT2D eigenvalue weighted by molar-refractivity contribution is 5.49. The second-order valence-corrected chi connectivity index (χ2v) is 10.7. The number of allylic oxidation sites excluding steroid dienone is 4. The van der Waals surface area contributed by atoms with Gasteiger partial charge >= 0.3 is 0 Å². The second kappa shape index (κ2) is 12.1. The Bertz CT molecular complexity index is 891. The molecule has 0 N–H and O–H groups in total. The fourth-order valence-corrected chi connectivity index (χ4v) is 3.50. The second-order valence-electron chi connectivity index (χ2n) is 10.7. The summed E-state index contributed by atoms with van der Waals surface area (Å²) in [6.45, 7) is 23.9. The molecule has 0 spiro atoms. The van der Waals surface area contributed by atoms with Crippen molar-refractivity contribution < 1.29 is 9.47 Å². The SMILES string of the molecule is C/C(=C\C=C(/C)C(C)(c1ccccc1)c1ccc(OCC(C)(C)C)cc1)OC(C)(C)C.CC. The maximum atomic E-state index is 5.99. The minimum atomic E-state index is -0.262. The molecular weight excluding hydrogens is 404 g/mol. The molecule has 0 aliphatic heterocycles. The molecule has 0 fully saturated rings. The minimum Gasteiger partial charge on any atom is -0.493 e. The summed E-state index contributed by atoms with van der Waals surface area (Å²) in [6.07, 6.45) is 4.25. The average Bonchev–Trinajstić information content (AvgIpc) is 2.76. The number of ether oxygens (including phenoxy) is 2. The van der Waals surface area contributed by atoms with Gasteiger partial charge in [0.05, 0.1) is 12.4 Å². The lowest BCUT2D eigenvalue weighted by Gasteiger charge is -2.32. The minimum absolute atomic E-state index is 0.135. The zero-order valence-electron chi connectivity index (χ0n) is 22.9. The van der Waals surface area contributed by atoms with Gasteiger partial charge in [-0.2, -0.15) is 0 Å². The fourth-order valence-electron chi connectivity index (χ4n) is 3.50. The Morgan fingerprint density at radius 3 is 1.73 bits per heavy atom. The molecule has 0 aliphatic rings. The quantitative estimate of drug-likeness (QED) is 0.309. The van der Waals surface area contributed by atoms with Crippen molar-refractivity contribution in [1.82, 2.24) is 0 Å². The number of rotatable bonds is 7. The van der Waals surface area contributed by atoms with Gasteiger partial charge < -0.3 is 9.47 Å². The van der Waals surface area contributed by atoms with Crippen LogP contribution in [0.4, 0.5) is 0 Å². The topological polar surface area (TPSA) is 18.5 Å². The molecule has 33 heavy (non-hydrogen) atoms. The largest absolute Gasteiger partial charge is 0.493 e. The summed E-state index contributed by atoms with van der Waals surface area (Å²) in [7, 11) is 0. The van der Waals surface area contributed by atoms with Crippen LogP contribution in [-0.4, -0.2) is 12.2 Å². The van der Waals surface area contributed by atoms with E-state index in [1.807, 2.05) is 20.8 Å². The van der Waals surface area contributed by atoms with Gasteiger partial charge in [0, 0.05) is 5.41 Å². The summed E-state index contributed by atoms with van der Waals surface area (Å²) in [5.74, 6) is 1.82. The van der Waals surface area contributed by atoms with Crippen molar-refractivity contribution in [3.8, 4) is 5.75 Å². The third-order valence-corrected chi connectivity index (χ3v) is 5.28. The summed E-state index contributed by atoms with van der Waals surface area (Å²) in [6, 6.07) is 19.2. The number of hydrogen-bond donors (Lipinski definition) is 0. The van der Waals surface area contributed by atoms with Gasteiger partial charge in [-0.1, -0.05) is 88.7 Å². The predicted molar refractivity (Wildman–Crippen MR) is 144 cm³/mol. The van der Waals surface area contributed by atoms with E-state index in [-0.39, 0.29) is 16.4 Å². The van der Waals surface area contributed by atoms with Crippen LogP contribution in [0.5, 0.6) is 5.75 Å². The third-order valence-electron chi connectivity index (χ3n) is 5.28. The van der Waals surface area contributed by atoms with Gasteiger partial charge in [0.2, 0.25) is 0 Å². The summed E-state index contributed by atoms with van der Waals surface area (Å²) in [5, 5.41) is 0. The van der Waals surface area contributed by atoms with Crippen LogP contribution < -0.4 is 4.74 Å². The van der Waals surface area contributed by atoms with E-state index in [9.17, 15) is 0 Å².